The smallest absolute Gasteiger partial charge is 0.410 e. The van der Waals surface area contributed by atoms with Crippen LogP contribution in [0.3, 0.4) is 0 Å². The largest absolute Gasteiger partial charge is 0.453 e. The molecular formula is C18H24N2O4. The molecule has 1 aromatic heterocycles. The molecule has 2 aromatic rings. The van der Waals surface area contributed by atoms with Gasteiger partial charge in [-0.3, -0.25) is 4.90 Å². The van der Waals surface area contributed by atoms with Crippen LogP contribution in [0.15, 0.2) is 24.3 Å². The van der Waals surface area contributed by atoms with E-state index in [1.165, 1.54) is 18.1 Å². The number of ether oxygens (including phenoxy) is 1. The summed E-state index contributed by atoms with van der Waals surface area (Å²) in [6.07, 6.45) is 1.71. The third-order valence-corrected chi connectivity index (χ3v) is 4.79. The summed E-state index contributed by atoms with van der Waals surface area (Å²) >= 11 is 0. The van der Waals surface area contributed by atoms with Crippen molar-refractivity contribution in [2.75, 3.05) is 20.3 Å². The number of para-hydroxylation sites is 1. The Bertz CT molecular complexity index is 712. The van der Waals surface area contributed by atoms with E-state index in [1.54, 1.807) is 4.90 Å². The molecule has 0 saturated heterocycles. The highest BCUT2D eigenvalue weighted by Crippen LogP contribution is 2.37. The van der Waals surface area contributed by atoms with Crippen LogP contribution in [0.5, 0.6) is 0 Å². The number of aliphatic hydroxyl groups is 2. The van der Waals surface area contributed by atoms with Crippen LogP contribution < -0.4 is 0 Å². The highest BCUT2D eigenvalue weighted by Gasteiger charge is 2.33. The average molecular weight is 332 g/mol. The summed E-state index contributed by atoms with van der Waals surface area (Å²) in [6, 6.07) is 8.07. The van der Waals surface area contributed by atoms with Crippen molar-refractivity contribution in [2.45, 2.75) is 37.8 Å². The van der Waals surface area contributed by atoms with Crippen LogP contribution in [-0.2, 0) is 11.2 Å². The number of nitrogens with one attached hydrogen (secondary N) is 1. The van der Waals surface area contributed by atoms with Crippen LogP contribution in [0.25, 0.3) is 10.9 Å². The summed E-state index contributed by atoms with van der Waals surface area (Å²) in [4.78, 5) is 17.4. The van der Waals surface area contributed by atoms with Gasteiger partial charge in [0.1, 0.15) is 0 Å². The van der Waals surface area contributed by atoms with Crippen LogP contribution in [0, 0.1) is 0 Å². The van der Waals surface area contributed by atoms with Crippen LogP contribution in [-0.4, -0.2) is 52.6 Å². The zero-order valence-corrected chi connectivity index (χ0v) is 13.9. The Morgan fingerprint density at radius 2 is 2.25 bits per heavy atom. The Morgan fingerprint density at radius 1 is 1.46 bits per heavy atom. The molecule has 0 radical (unpaired) electrons. The maximum Gasteiger partial charge on any atom is 0.410 e. The van der Waals surface area contributed by atoms with Crippen LogP contribution in [0.4, 0.5) is 4.79 Å². The number of hydrogen-bond donors (Lipinski definition) is 3. The van der Waals surface area contributed by atoms with E-state index in [4.69, 9.17) is 9.84 Å². The third kappa shape index (κ3) is 3.12. The number of benzene rings is 1. The van der Waals surface area contributed by atoms with E-state index in [0.717, 1.165) is 17.6 Å². The number of carbonyl (C=O) groups excluding carboxylic acids is 1. The number of nitrogens with zero attached hydrogens (tertiary/aromatic N) is 1. The standard InChI is InChI=1S/C18H24N2O4/c1-24-18(23)20-10-9-14-13-6-2-3-7-15(13)19-17(14)16(20)8-4-5-12(22)11-21/h2-3,6-7,12,16,19,21-22H,4-5,8-11H2,1H3/t12?,16-/m1/s1. The van der Waals surface area contributed by atoms with Crippen molar-refractivity contribution in [3.8, 4) is 0 Å². The topological polar surface area (TPSA) is 85.8 Å². The van der Waals surface area contributed by atoms with Crippen molar-refractivity contribution in [2.24, 2.45) is 0 Å². The first-order chi connectivity index (χ1) is 11.7. The minimum Gasteiger partial charge on any atom is -0.453 e. The predicted octanol–water partition coefficient (Wildman–Crippen LogP) is 2.36. The second-order valence-electron chi connectivity index (χ2n) is 6.26. The lowest BCUT2D eigenvalue weighted by Gasteiger charge is -2.35. The van der Waals surface area contributed by atoms with Gasteiger partial charge >= 0.3 is 6.09 Å². The first kappa shape index (κ1) is 16.8. The van der Waals surface area contributed by atoms with Crippen LogP contribution in [0.1, 0.15) is 36.6 Å². The molecule has 6 nitrogen and oxygen atoms in total. The zero-order valence-electron chi connectivity index (χ0n) is 13.9. The number of hydrogen-bond acceptors (Lipinski definition) is 4. The zero-order chi connectivity index (χ0) is 17.1. The number of aliphatic hydroxyl groups excluding tert-OH is 2. The molecule has 0 spiro atoms. The molecule has 6 heteroatoms. The molecule has 0 aliphatic carbocycles. The number of H-pyrrole nitrogens is 1. The number of fused-ring (bicyclic) bond motifs is 3. The van der Waals surface area contributed by atoms with Crippen LogP contribution >= 0.6 is 0 Å². The van der Waals surface area contributed by atoms with Gasteiger partial charge in [0, 0.05) is 23.1 Å². The van der Waals surface area contributed by atoms with E-state index in [0.29, 0.717) is 25.8 Å². The molecule has 2 atom stereocenters. The number of rotatable bonds is 5. The van der Waals surface area contributed by atoms with Gasteiger partial charge in [0.15, 0.2) is 0 Å². The molecule has 1 aliphatic rings. The quantitative estimate of drug-likeness (QED) is 0.784. The molecule has 24 heavy (non-hydrogen) atoms. The van der Waals surface area contributed by atoms with Gasteiger partial charge < -0.3 is 19.9 Å². The molecule has 3 rings (SSSR count). The summed E-state index contributed by atoms with van der Waals surface area (Å²) in [6.45, 7) is 0.387. The van der Waals surface area contributed by atoms with Gasteiger partial charge in [0.25, 0.3) is 0 Å². The van der Waals surface area contributed by atoms with Gasteiger partial charge in [-0.25, -0.2) is 4.79 Å². The molecule has 130 valence electrons. The Kier molecular flexibility index (Phi) is 5.06. The molecule has 1 aliphatic heterocycles. The van der Waals surface area contributed by atoms with E-state index in [-0.39, 0.29) is 18.7 Å². The Labute approximate surface area is 141 Å². The fourth-order valence-corrected chi connectivity index (χ4v) is 3.59. The van der Waals surface area contributed by atoms with Gasteiger partial charge in [-0.1, -0.05) is 18.2 Å². The van der Waals surface area contributed by atoms with Crippen molar-refractivity contribution in [1.29, 1.82) is 0 Å². The number of carbonyl (C=O) groups is 1. The second-order valence-corrected chi connectivity index (χ2v) is 6.26. The first-order valence-corrected chi connectivity index (χ1v) is 8.38. The number of aromatic nitrogens is 1. The lowest BCUT2D eigenvalue weighted by molar-refractivity contribution is 0.0777. The molecular weight excluding hydrogens is 308 g/mol. The van der Waals surface area contributed by atoms with E-state index in [2.05, 4.69) is 11.1 Å². The van der Waals surface area contributed by atoms with Gasteiger partial charge in [0.05, 0.1) is 25.9 Å². The van der Waals surface area contributed by atoms with Gasteiger partial charge in [-0.15, -0.1) is 0 Å². The number of methoxy groups -OCH3 is 1. The van der Waals surface area contributed by atoms with E-state index >= 15 is 0 Å². The first-order valence-electron chi connectivity index (χ1n) is 8.38. The normalized spacial score (nSPS) is 18.5. The average Bonchev–Trinajstić information content (AvgIpc) is 3.00. The summed E-state index contributed by atoms with van der Waals surface area (Å²) in [7, 11) is 1.40. The predicted molar refractivity (Wildman–Crippen MR) is 90.8 cm³/mol. The minimum absolute atomic E-state index is 0.0977. The molecule has 0 bridgehead atoms. The van der Waals surface area contributed by atoms with Crippen molar-refractivity contribution < 1.29 is 19.7 Å². The fourth-order valence-electron chi connectivity index (χ4n) is 3.59. The number of amides is 1. The molecule has 0 fully saturated rings. The van der Waals surface area contributed by atoms with Gasteiger partial charge in [-0.05, 0) is 37.3 Å². The fraction of sp³-hybridized carbons (Fsp3) is 0.500. The van der Waals surface area contributed by atoms with Gasteiger partial charge in [-0.2, -0.15) is 0 Å². The lowest BCUT2D eigenvalue weighted by Crippen LogP contribution is -2.40. The van der Waals surface area contributed by atoms with Crippen molar-refractivity contribution in [1.82, 2.24) is 9.88 Å². The van der Waals surface area contributed by atoms with E-state index < -0.39 is 6.10 Å². The summed E-state index contributed by atoms with van der Waals surface area (Å²) in [5.74, 6) is 0. The van der Waals surface area contributed by atoms with E-state index in [9.17, 15) is 9.90 Å². The highest BCUT2D eigenvalue weighted by molar-refractivity contribution is 5.85. The Morgan fingerprint density at radius 3 is 3.00 bits per heavy atom. The van der Waals surface area contributed by atoms with Crippen molar-refractivity contribution >= 4 is 17.0 Å². The SMILES string of the molecule is COC(=O)N1CCc2c([nH]c3ccccc23)[C@H]1CCCC(O)CO. The monoisotopic (exact) mass is 332 g/mol. The second kappa shape index (κ2) is 7.23. The molecule has 1 aromatic carbocycles. The Hall–Kier alpha value is -2.05. The minimum atomic E-state index is -0.706. The molecule has 3 N–H and O–H groups in total. The molecule has 0 saturated carbocycles. The highest BCUT2D eigenvalue weighted by atomic mass is 16.5. The lowest BCUT2D eigenvalue weighted by atomic mass is 9.94. The summed E-state index contributed by atoms with van der Waals surface area (Å²) in [5, 5.41) is 19.7. The van der Waals surface area contributed by atoms with E-state index in [1.807, 2.05) is 18.2 Å². The maximum atomic E-state index is 12.2. The van der Waals surface area contributed by atoms with Crippen molar-refractivity contribution in [3.63, 3.8) is 0 Å². The molecule has 1 amide bonds. The third-order valence-electron chi connectivity index (χ3n) is 4.79. The summed E-state index contributed by atoms with van der Waals surface area (Å²) in [5.41, 5.74) is 3.40. The number of aromatic amines is 1. The van der Waals surface area contributed by atoms with Crippen molar-refractivity contribution in [3.05, 3.63) is 35.5 Å². The van der Waals surface area contributed by atoms with Gasteiger partial charge in [0.2, 0.25) is 0 Å². The Balaban J connectivity index is 1.89. The maximum absolute atomic E-state index is 12.2. The molecule has 1 unspecified atom stereocenters. The molecule has 2 heterocycles. The van der Waals surface area contributed by atoms with Crippen LogP contribution in [0.2, 0.25) is 0 Å². The summed E-state index contributed by atoms with van der Waals surface area (Å²) < 4.78 is 4.94.